The summed E-state index contributed by atoms with van der Waals surface area (Å²) in [7, 11) is -2.56. The predicted octanol–water partition coefficient (Wildman–Crippen LogP) is 7.43. The summed E-state index contributed by atoms with van der Waals surface area (Å²) in [6.07, 6.45) is 0. The molecule has 0 saturated carbocycles. The first kappa shape index (κ1) is 27.1. The molecule has 0 aliphatic rings. The Hall–Kier alpha value is -4.53. The van der Waals surface area contributed by atoms with Crippen molar-refractivity contribution >= 4 is 40.5 Å². The Kier molecular flexibility index (Phi) is 8.49. The molecule has 5 rings (SSSR count). The van der Waals surface area contributed by atoms with E-state index < -0.39 is 13.0 Å². The highest BCUT2D eigenvalue weighted by Crippen LogP contribution is 2.49. The van der Waals surface area contributed by atoms with Gasteiger partial charge in [0.25, 0.3) is 5.91 Å². The number of nitrogens with zero attached hydrogens (tertiary/aromatic N) is 2. The molecule has 0 spiro atoms. The molecule has 0 aromatic heterocycles. The third-order valence-corrected chi connectivity index (χ3v) is 10.2. The van der Waals surface area contributed by atoms with Gasteiger partial charge < -0.3 is 4.74 Å². The van der Waals surface area contributed by atoms with E-state index in [4.69, 9.17) is 9.48 Å². The molecule has 5 aromatic carbocycles. The number of carbonyl (C=O) groups is 1. The molecule has 0 radical (unpaired) electrons. The van der Waals surface area contributed by atoms with Crippen LogP contribution < -0.4 is 15.9 Å². The second-order valence-electron chi connectivity index (χ2n) is 9.28. The summed E-state index contributed by atoms with van der Waals surface area (Å²) in [5.74, 6) is -0.0896. The zero-order chi connectivity index (χ0) is 27.8. The number of carbonyl (C=O) groups excluding carboxylic acids is 1. The van der Waals surface area contributed by atoms with Crippen LogP contribution in [0.5, 0.6) is 0 Å². The van der Waals surface area contributed by atoms with Gasteiger partial charge in [-0.25, -0.2) is 0 Å². The normalized spacial score (nSPS) is 11.6. The summed E-state index contributed by atoms with van der Waals surface area (Å²) < 4.78 is 11.4. The molecule has 4 nitrogen and oxygen atoms in total. The Balaban J connectivity index is 1.75. The minimum Gasteiger partial charge on any atom is -0.477 e. The van der Waals surface area contributed by atoms with Crippen molar-refractivity contribution in [2.24, 2.45) is 9.74 Å². The average Bonchev–Trinajstić information content (AvgIpc) is 3.01. The summed E-state index contributed by atoms with van der Waals surface area (Å²) >= 11 is 0. The van der Waals surface area contributed by atoms with Crippen molar-refractivity contribution in [3.63, 3.8) is 0 Å². The zero-order valence-electron chi connectivity index (χ0n) is 22.6. The third kappa shape index (κ3) is 5.73. The predicted molar refractivity (Wildman–Crippen MR) is 167 cm³/mol. The maximum atomic E-state index is 13.8. The maximum absolute atomic E-state index is 13.8. The van der Waals surface area contributed by atoms with Crippen molar-refractivity contribution in [3.05, 3.63) is 156 Å². The van der Waals surface area contributed by atoms with Gasteiger partial charge in [0.05, 0.1) is 24.9 Å². The average molecular weight is 543 g/mol. The van der Waals surface area contributed by atoms with Crippen molar-refractivity contribution in [2.45, 2.75) is 13.8 Å². The Morgan fingerprint density at radius 2 is 1.12 bits per heavy atom. The fourth-order valence-electron chi connectivity index (χ4n) is 4.62. The fraction of sp³-hybridized carbons (Fsp3) is 0.0857. The van der Waals surface area contributed by atoms with E-state index in [0.29, 0.717) is 23.8 Å². The first-order valence-electron chi connectivity index (χ1n) is 13.3. The third-order valence-electron chi connectivity index (χ3n) is 6.56. The summed E-state index contributed by atoms with van der Waals surface area (Å²) in [5, 5.41) is 3.31. The fourth-order valence-corrected chi connectivity index (χ4v) is 8.17. The number of ether oxygens (including phenoxy) is 1. The Morgan fingerprint density at radius 1 is 0.650 bits per heavy atom. The van der Waals surface area contributed by atoms with Crippen molar-refractivity contribution in [1.29, 1.82) is 0 Å². The molecule has 40 heavy (non-hydrogen) atoms. The van der Waals surface area contributed by atoms with Gasteiger partial charge >= 0.3 is 0 Å². The number of rotatable bonds is 7. The molecule has 0 fully saturated rings. The summed E-state index contributed by atoms with van der Waals surface area (Å²) in [6, 6.07) is 46.3. The first-order chi connectivity index (χ1) is 19.6. The lowest BCUT2D eigenvalue weighted by molar-refractivity contribution is 0.1000. The van der Waals surface area contributed by atoms with Crippen LogP contribution in [0.2, 0.25) is 0 Å². The molecule has 0 atom stereocenters. The number of hydrogen-bond donors (Lipinski definition) is 0. The molecular weight excluding hydrogens is 511 g/mol. The maximum Gasteiger partial charge on any atom is 0.282 e. The van der Waals surface area contributed by atoms with Crippen molar-refractivity contribution in [3.8, 4) is 0 Å². The van der Waals surface area contributed by atoms with Gasteiger partial charge in [-0.3, -0.25) is 9.54 Å². The molecule has 0 saturated heterocycles. The van der Waals surface area contributed by atoms with E-state index in [2.05, 4.69) is 41.4 Å². The molecule has 0 aliphatic heterocycles. The minimum absolute atomic E-state index is 0.303. The lowest BCUT2D eigenvalue weighted by Crippen LogP contribution is -2.25. The van der Waals surface area contributed by atoms with Crippen LogP contribution >= 0.6 is 7.05 Å². The topological polar surface area (TPSA) is 51.0 Å². The van der Waals surface area contributed by atoms with Gasteiger partial charge in [-0.15, -0.1) is 0 Å². The number of amides is 1. The number of hydrogen-bond acceptors (Lipinski definition) is 3. The molecule has 5 heteroatoms. The molecule has 5 aromatic rings. The van der Waals surface area contributed by atoms with Crippen LogP contribution in [0.1, 0.15) is 28.4 Å². The number of aryl methyl sites for hydroxylation is 1. The van der Waals surface area contributed by atoms with Crippen LogP contribution in [-0.2, 0) is 4.74 Å². The van der Waals surface area contributed by atoms with Crippen molar-refractivity contribution < 1.29 is 9.53 Å². The van der Waals surface area contributed by atoms with Gasteiger partial charge in [-0.05, 0) is 38.1 Å². The SMILES string of the molecule is CCOC(=NC(=O)c1ccccc1N=P(c1ccccc1)(c1ccccc1)c1ccccc1)c1ccc(C)cc1. The van der Waals surface area contributed by atoms with Crippen LogP contribution in [-0.4, -0.2) is 18.4 Å². The lowest BCUT2D eigenvalue weighted by atomic mass is 10.1. The van der Waals surface area contributed by atoms with Crippen LogP contribution in [0.3, 0.4) is 0 Å². The van der Waals surface area contributed by atoms with E-state index >= 15 is 0 Å². The van der Waals surface area contributed by atoms with Crippen LogP contribution in [0, 0.1) is 6.92 Å². The van der Waals surface area contributed by atoms with E-state index in [1.807, 2.05) is 111 Å². The highest BCUT2D eigenvalue weighted by molar-refractivity contribution is 7.87. The second-order valence-corrected chi connectivity index (χ2v) is 12.3. The molecule has 0 N–H and O–H groups in total. The number of aliphatic imine (C=N–C) groups is 1. The first-order valence-corrected chi connectivity index (χ1v) is 15.1. The van der Waals surface area contributed by atoms with Crippen molar-refractivity contribution in [1.82, 2.24) is 0 Å². The zero-order valence-corrected chi connectivity index (χ0v) is 23.5. The quantitative estimate of drug-likeness (QED) is 0.122. The van der Waals surface area contributed by atoms with Crippen LogP contribution in [0.15, 0.2) is 149 Å². The minimum atomic E-state index is -2.56. The largest absolute Gasteiger partial charge is 0.477 e. The molecule has 1 amide bonds. The van der Waals surface area contributed by atoms with E-state index in [1.165, 1.54) is 0 Å². The highest BCUT2D eigenvalue weighted by atomic mass is 31.2. The van der Waals surface area contributed by atoms with E-state index in [0.717, 1.165) is 27.0 Å². The van der Waals surface area contributed by atoms with Gasteiger partial charge in [-0.1, -0.05) is 121 Å². The Labute approximate surface area is 236 Å². The van der Waals surface area contributed by atoms with Gasteiger partial charge in [0.2, 0.25) is 5.90 Å². The molecule has 0 aliphatic carbocycles. The Bertz CT molecular complexity index is 1560. The van der Waals surface area contributed by atoms with E-state index in [9.17, 15) is 4.79 Å². The molecule has 0 unspecified atom stereocenters. The summed E-state index contributed by atoms with van der Waals surface area (Å²) in [5.41, 5.74) is 2.91. The lowest BCUT2D eigenvalue weighted by Gasteiger charge is -2.27. The second kappa shape index (κ2) is 12.5. The Morgan fingerprint density at radius 3 is 1.62 bits per heavy atom. The highest BCUT2D eigenvalue weighted by Gasteiger charge is 2.28. The van der Waals surface area contributed by atoms with Crippen LogP contribution in [0.4, 0.5) is 5.69 Å². The van der Waals surface area contributed by atoms with Gasteiger partial charge in [-0.2, -0.15) is 4.99 Å². The van der Waals surface area contributed by atoms with Gasteiger partial charge in [0, 0.05) is 21.5 Å². The van der Waals surface area contributed by atoms with E-state index in [-0.39, 0.29) is 0 Å². The molecule has 0 heterocycles. The van der Waals surface area contributed by atoms with E-state index in [1.54, 1.807) is 6.07 Å². The monoisotopic (exact) mass is 542 g/mol. The smallest absolute Gasteiger partial charge is 0.282 e. The van der Waals surface area contributed by atoms with Crippen molar-refractivity contribution in [2.75, 3.05) is 6.61 Å². The molecular formula is C35H31N2O2P. The summed E-state index contributed by atoms with van der Waals surface area (Å²) in [6.45, 7) is 4.30. The molecule has 198 valence electrons. The molecule has 0 bridgehead atoms. The number of benzene rings is 5. The van der Waals surface area contributed by atoms with Crippen LogP contribution in [0.25, 0.3) is 0 Å². The summed E-state index contributed by atoms with van der Waals surface area (Å²) in [4.78, 5) is 18.2. The standard InChI is InChI=1S/C35H31N2O2P/c1-3-39-35(28-25-23-27(2)24-26-28)36-34(38)32-21-13-14-22-33(32)37-40(29-15-7-4-8-16-29,30-17-9-5-10-18-30)31-19-11-6-12-20-31/h4-26H,3H2,1-2H3. The van der Waals surface area contributed by atoms with Gasteiger partial charge in [0.15, 0.2) is 0 Å². The van der Waals surface area contributed by atoms with Gasteiger partial charge in [0.1, 0.15) is 0 Å².